The number of hydrogen-bond donors (Lipinski definition) is 1. The van der Waals surface area contributed by atoms with Crippen molar-refractivity contribution in [1.29, 1.82) is 0 Å². The Morgan fingerprint density at radius 1 is 1.24 bits per heavy atom. The summed E-state index contributed by atoms with van der Waals surface area (Å²) in [6.07, 6.45) is 6.29. The summed E-state index contributed by atoms with van der Waals surface area (Å²) in [5.41, 5.74) is 1.11. The summed E-state index contributed by atoms with van der Waals surface area (Å²) in [7, 11) is -2.26. The maximum Gasteiger partial charge on any atom is 0.242 e. The predicted molar refractivity (Wildman–Crippen MR) is 84.8 cm³/mol. The van der Waals surface area contributed by atoms with Crippen LogP contribution >= 0.6 is 23.2 Å². The van der Waals surface area contributed by atoms with Crippen LogP contribution in [0.3, 0.4) is 0 Å². The molecule has 1 N–H and O–H groups in total. The van der Waals surface area contributed by atoms with E-state index in [0.29, 0.717) is 12.3 Å². The summed E-state index contributed by atoms with van der Waals surface area (Å²) in [5, 5.41) is 0.0695. The highest BCUT2D eigenvalue weighted by atomic mass is 35.5. The number of sulfonamides is 1. The number of rotatable bonds is 5. The van der Waals surface area contributed by atoms with Crippen molar-refractivity contribution in [3.05, 3.63) is 33.8 Å². The highest BCUT2D eigenvalue weighted by molar-refractivity contribution is 7.89. The normalized spacial score (nSPS) is 15.7. The van der Waals surface area contributed by atoms with Crippen LogP contribution in [0.25, 0.3) is 0 Å². The van der Waals surface area contributed by atoms with E-state index in [1.165, 1.54) is 19.2 Å². The zero-order valence-corrected chi connectivity index (χ0v) is 14.0. The first-order valence-corrected chi connectivity index (χ1v) is 8.89. The molecule has 0 fully saturated rings. The number of halogens is 2. The minimum atomic E-state index is -3.70. The second kappa shape index (κ2) is 7.01. The van der Waals surface area contributed by atoms with E-state index in [1.807, 2.05) is 0 Å². The molecule has 0 amide bonds. The third kappa shape index (κ3) is 3.92. The SMILES string of the molecule is COc1ccc(S(=O)(=O)NCC2=CCCCC2)c(Cl)c1Cl. The van der Waals surface area contributed by atoms with E-state index in [0.717, 1.165) is 31.3 Å². The first-order chi connectivity index (χ1) is 9.95. The molecule has 116 valence electrons. The highest BCUT2D eigenvalue weighted by Gasteiger charge is 2.22. The van der Waals surface area contributed by atoms with Gasteiger partial charge in [-0.15, -0.1) is 0 Å². The fourth-order valence-electron chi connectivity index (χ4n) is 2.21. The maximum atomic E-state index is 12.3. The Kier molecular flexibility index (Phi) is 5.54. The molecule has 0 aromatic heterocycles. The van der Waals surface area contributed by atoms with Crippen molar-refractivity contribution < 1.29 is 13.2 Å². The van der Waals surface area contributed by atoms with Crippen LogP contribution in [0.4, 0.5) is 0 Å². The minimum absolute atomic E-state index is 0.0267. The number of nitrogens with one attached hydrogen (secondary N) is 1. The van der Waals surface area contributed by atoms with Crippen molar-refractivity contribution in [3.8, 4) is 5.75 Å². The zero-order chi connectivity index (χ0) is 15.5. The maximum absolute atomic E-state index is 12.3. The van der Waals surface area contributed by atoms with E-state index in [1.54, 1.807) is 0 Å². The Morgan fingerprint density at radius 3 is 2.62 bits per heavy atom. The van der Waals surface area contributed by atoms with Crippen molar-refractivity contribution in [2.75, 3.05) is 13.7 Å². The first-order valence-electron chi connectivity index (χ1n) is 6.65. The molecule has 1 aliphatic rings. The quantitative estimate of drug-likeness (QED) is 0.823. The lowest BCUT2D eigenvalue weighted by atomic mass is 10.0. The summed E-state index contributed by atoms with van der Waals surface area (Å²) in [6, 6.07) is 2.88. The van der Waals surface area contributed by atoms with Gasteiger partial charge in [0.2, 0.25) is 10.0 Å². The Hall–Kier alpha value is -0.750. The van der Waals surface area contributed by atoms with Crippen LogP contribution in [0.2, 0.25) is 10.0 Å². The summed E-state index contributed by atoms with van der Waals surface area (Å²) >= 11 is 12.0. The molecular weight excluding hydrogens is 333 g/mol. The van der Waals surface area contributed by atoms with Crippen LogP contribution in [-0.4, -0.2) is 22.1 Å². The number of ether oxygens (including phenoxy) is 1. The van der Waals surface area contributed by atoms with Crippen molar-refractivity contribution in [2.45, 2.75) is 30.6 Å². The molecule has 0 unspecified atom stereocenters. The van der Waals surface area contributed by atoms with Crippen LogP contribution in [0.5, 0.6) is 5.75 Å². The molecule has 0 saturated carbocycles. The monoisotopic (exact) mass is 349 g/mol. The summed E-state index contributed by atoms with van der Waals surface area (Å²) < 4.78 is 32.2. The Bertz CT molecular complexity index is 656. The number of allylic oxidation sites excluding steroid dienone is 1. The lowest BCUT2D eigenvalue weighted by Gasteiger charge is -2.15. The van der Waals surface area contributed by atoms with Gasteiger partial charge in [0.05, 0.1) is 12.1 Å². The molecule has 1 aromatic carbocycles. The van der Waals surface area contributed by atoms with Gasteiger partial charge >= 0.3 is 0 Å². The summed E-state index contributed by atoms with van der Waals surface area (Å²) in [4.78, 5) is -0.0358. The second-order valence-electron chi connectivity index (χ2n) is 4.83. The summed E-state index contributed by atoms with van der Waals surface area (Å²) in [5.74, 6) is 0.343. The van der Waals surface area contributed by atoms with Gasteiger partial charge in [0.15, 0.2) is 0 Å². The molecule has 1 aromatic rings. The molecule has 0 bridgehead atoms. The number of methoxy groups -OCH3 is 1. The van der Waals surface area contributed by atoms with E-state index in [9.17, 15) is 8.42 Å². The van der Waals surface area contributed by atoms with Crippen molar-refractivity contribution >= 4 is 33.2 Å². The van der Waals surface area contributed by atoms with Crippen LogP contribution in [0, 0.1) is 0 Å². The van der Waals surface area contributed by atoms with Gasteiger partial charge in [-0.3, -0.25) is 0 Å². The molecule has 7 heteroatoms. The Labute approximate surface area is 135 Å². The van der Waals surface area contributed by atoms with E-state index in [-0.39, 0.29) is 14.9 Å². The van der Waals surface area contributed by atoms with Gasteiger partial charge in [0.25, 0.3) is 0 Å². The van der Waals surface area contributed by atoms with Gasteiger partial charge in [-0.05, 0) is 37.8 Å². The van der Waals surface area contributed by atoms with Gasteiger partial charge in [0.1, 0.15) is 15.7 Å². The van der Waals surface area contributed by atoms with E-state index in [4.69, 9.17) is 27.9 Å². The van der Waals surface area contributed by atoms with Gasteiger partial charge in [-0.1, -0.05) is 34.9 Å². The lowest BCUT2D eigenvalue weighted by Crippen LogP contribution is -2.26. The van der Waals surface area contributed by atoms with E-state index >= 15 is 0 Å². The first kappa shape index (κ1) is 16.6. The molecule has 0 aliphatic heterocycles. The fourth-order valence-corrected chi connectivity index (χ4v) is 4.08. The Balaban J connectivity index is 2.19. The van der Waals surface area contributed by atoms with Crippen LogP contribution in [-0.2, 0) is 10.0 Å². The molecule has 0 atom stereocenters. The molecule has 0 saturated heterocycles. The third-order valence-corrected chi connectivity index (χ3v) is 5.82. The van der Waals surface area contributed by atoms with E-state index in [2.05, 4.69) is 10.8 Å². The highest BCUT2D eigenvalue weighted by Crippen LogP contribution is 2.36. The molecule has 4 nitrogen and oxygen atoms in total. The largest absolute Gasteiger partial charge is 0.495 e. The summed E-state index contributed by atoms with van der Waals surface area (Å²) in [6.45, 7) is 0.308. The topological polar surface area (TPSA) is 55.4 Å². The number of benzene rings is 1. The molecule has 2 rings (SSSR count). The second-order valence-corrected chi connectivity index (χ2v) is 7.32. The predicted octanol–water partition coefficient (Wildman–Crippen LogP) is 3.78. The molecule has 21 heavy (non-hydrogen) atoms. The Morgan fingerprint density at radius 2 is 2.00 bits per heavy atom. The van der Waals surface area contributed by atoms with Crippen LogP contribution in [0.1, 0.15) is 25.7 Å². The van der Waals surface area contributed by atoms with Gasteiger partial charge in [0, 0.05) is 6.54 Å². The van der Waals surface area contributed by atoms with Crippen molar-refractivity contribution in [3.63, 3.8) is 0 Å². The molecule has 0 heterocycles. The van der Waals surface area contributed by atoms with Crippen LogP contribution in [0.15, 0.2) is 28.7 Å². The van der Waals surface area contributed by atoms with Gasteiger partial charge in [-0.2, -0.15) is 0 Å². The zero-order valence-electron chi connectivity index (χ0n) is 11.7. The van der Waals surface area contributed by atoms with E-state index < -0.39 is 10.0 Å². The molecule has 1 aliphatic carbocycles. The lowest BCUT2D eigenvalue weighted by molar-refractivity contribution is 0.414. The van der Waals surface area contributed by atoms with Crippen molar-refractivity contribution in [1.82, 2.24) is 4.72 Å². The fraction of sp³-hybridized carbons (Fsp3) is 0.429. The number of hydrogen-bond acceptors (Lipinski definition) is 3. The average Bonchev–Trinajstić information content (AvgIpc) is 2.49. The third-order valence-electron chi connectivity index (χ3n) is 3.40. The van der Waals surface area contributed by atoms with Gasteiger partial charge < -0.3 is 4.74 Å². The minimum Gasteiger partial charge on any atom is -0.495 e. The molecular formula is C14H17Cl2NO3S. The average molecular weight is 350 g/mol. The van der Waals surface area contributed by atoms with Crippen molar-refractivity contribution in [2.24, 2.45) is 0 Å². The molecule has 0 radical (unpaired) electrons. The van der Waals surface area contributed by atoms with Gasteiger partial charge in [-0.25, -0.2) is 13.1 Å². The standard InChI is InChI=1S/C14H17Cl2NO3S/c1-20-11-7-8-12(14(16)13(11)15)21(18,19)17-9-10-5-3-2-4-6-10/h5,7-8,17H,2-4,6,9H2,1H3. The smallest absolute Gasteiger partial charge is 0.242 e. The molecule has 0 spiro atoms. The van der Waals surface area contributed by atoms with Crippen LogP contribution < -0.4 is 9.46 Å².